The molecule has 1 saturated heterocycles. The van der Waals surface area contributed by atoms with Crippen molar-refractivity contribution < 1.29 is 14.6 Å². The maximum Gasteiger partial charge on any atom is 0.323 e. The Morgan fingerprint density at radius 2 is 2.20 bits per heavy atom. The van der Waals surface area contributed by atoms with Gasteiger partial charge in [-0.2, -0.15) is 0 Å². The predicted molar refractivity (Wildman–Crippen MR) is 78.1 cm³/mol. The van der Waals surface area contributed by atoms with Crippen molar-refractivity contribution in [3.63, 3.8) is 0 Å². The number of carboxylic acids is 1. The second-order valence-electron chi connectivity index (χ2n) is 5.74. The van der Waals surface area contributed by atoms with Crippen LogP contribution < -0.4 is 4.74 Å². The topological polar surface area (TPSA) is 49.8 Å². The molecule has 0 aliphatic carbocycles. The Labute approximate surface area is 120 Å². The van der Waals surface area contributed by atoms with Crippen molar-refractivity contribution in [2.75, 3.05) is 13.7 Å². The lowest BCUT2D eigenvalue weighted by atomic mass is 9.96. The van der Waals surface area contributed by atoms with Crippen molar-refractivity contribution >= 4 is 5.97 Å². The Morgan fingerprint density at radius 1 is 1.50 bits per heavy atom. The van der Waals surface area contributed by atoms with Gasteiger partial charge in [0, 0.05) is 6.04 Å². The van der Waals surface area contributed by atoms with Crippen LogP contribution in [0.5, 0.6) is 5.75 Å². The largest absolute Gasteiger partial charge is 0.496 e. The molecule has 2 unspecified atom stereocenters. The minimum Gasteiger partial charge on any atom is -0.496 e. The zero-order valence-electron chi connectivity index (χ0n) is 12.4. The second kappa shape index (κ2) is 5.83. The molecule has 1 aromatic carbocycles. The molecular formula is C16H23NO3. The fourth-order valence-electron chi connectivity index (χ4n) is 3.22. The molecule has 1 aliphatic heterocycles. The third-order valence-corrected chi connectivity index (χ3v) is 4.40. The second-order valence-corrected chi connectivity index (χ2v) is 5.74. The molecule has 0 saturated carbocycles. The van der Waals surface area contributed by atoms with E-state index in [-0.39, 0.29) is 6.04 Å². The van der Waals surface area contributed by atoms with E-state index in [9.17, 15) is 9.90 Å². The average molecular weight is 277 g/mol. The fourth-order valence-corrected chi connectivity index (χ4v) is 3.22. The highest BCUT2D eigenvalue weighted by atomic mass is 16.5. The third-order valence-electron chi connectivity index (χ3n) is 4.40. The summed E-state index contributed by atoms with van der Waals surface area (Å²) in [6.45, 7) is 4.78. The van der Waals surface area contributed by atoms with Crippen molar-refractivity contribution in [1.82, 2.24) is 4.90 Å². The van der Waals surface area contributed by atoms with E-state index in [0.29, 0.717) is 0 Å². The summed E-state index contributed by atoms with van der Waals surface area (Å²) >= 11 is 0. The van der Waals surface area contributed by atoms with Crippen LogP contribution in [0.3, 0.4) is 0 Å². The summed E-state index contributed by atoms with van der Waals surface area (Å²) in [4.78, 5) is 13.7. The van der Waals surface area contributed by atoms with E-state index in [0.717, 1.165) is 37.1 Å². The predicted octanol–water partition coefficient (Wildman–Crippen LogP) is 2.57. The Morgan fingerprint density at radius 3 is 2.85 bits per heavy atom. The molecule has 2 rings (SSSR count). The lowest BCUT2D eigenvalue weighted by Crippen LogP contribution is -2.52. The first kappa shape index (κ1) is 14.9. The number of nitrogens with zero attached hydrogens (tertiary/aromatic N) is 1. The molecule has 2 atom stereocenters. The number of aliphatic carboxylic acids is 1. The van der Waals surface area contributed by atoms with Crippen LogP contribution in [0.1, 0.15) is 32.3 Å². The molecule has 0 radical (unpaired) electrons. The zero-order valence-corrected chi connectivity index (χ0v) is 12.4. The number of para-hydroxylation sites is 1. The van der Waals surface area contributed by atoms with Crippen molar-refractivity contribution in [1.29, 1.82) is 0 Å². The molecule has 0 bridgehead atoms. The number of ether oxygens (including phenoxy) is 1. The van der Waals surface area contributed by atoms with E-state index in [2.05, 4.69) is 11.8 Å². The normalized spacial score (nSPS) is 24.6. The minimum atomic E-state index is -0.735. The Balaban J connectivity index is 2.15. The molecule has 110 valence electrons. The van der Waals surface area contributed by atoms with Crippen LogP contribution in [0.4, 0.5) is 0 Å². The molecule has 1 heterocycles. The van der Waals surface area contributed by atoms with Crippen LogP contribution in [0.25, 0.3) is 0 Å². The van der Waals surface area contributed by atoms with Gasteiger partial charge >= 0.3 is 5.97 Å². The van der Waals surface area contributed by atoms with E-state index < -0.39 is 11.5 Å². The molecule has 20 heavy (non-hydrogen) atoms. The monoisotopic (exact) mass is 277 g/mol. The van der Waals surface area contributed by atoms with E-state index >= 15 is 0 Å². The number of rotatable bonds is 5. The van der Waals surface area contributed by atoms with Crippen molar-refractivity contribution in [3.05, 3.63) is 29.8 Å². The fraction of sp³-hybridized carbons (Fsp3) is 0.562. The Hall–Kier alpha value is -1.55. The third kappa shape index (κ3) is 2.66. The van der Waals surface area contributed by atoms with Crippen LogP contribution in [-0.4, -0.2) is 41.2 Å². The highest BCUT2D eigenvalue weighted by molar-refractivity contribution is 5.78. The van der Waals surface area contributed by atoms with Crippen LogP contribution in [0.15, 0.2) is 24.3 Å². The van der Waals surface area contributed by atoms with Crippen LogP contribution in [-0.2, 0) is 11.2 Å². The summed E-state index contributed by atoms with van der Waals surface area (Å²) in [6.07, 6.45) is 2.46. The summed E-state index contributed by atoms with van der Waals surface area (Å²) in [6, 6.07) is 8.11. The van der Waals surface area contributed by atoms with Gasteiger partial charge in [-0.05, 0) is 51.3 Å². The highest BCUT2D eigenvalue weighted by Gasteiger charge is 2.45. The SMILES string of the molecule is COc1ccccc1CC(C)N1CCCC1(C)C(=O)O. The first-order valence-corrected chi connectivity index (χ1v) is 7.11. The minimum absolute atomic E-state index is 0.176. The van der Waals surface area contributed by atoms with Gasteiger partial charge in [-0.1, -0.05) is 18.2 Å². The van der Waals surface area contributed by atoms with E-state index in [1.54, 1.807) is 7.11 Å². The average Bonchev–Trinajstić information content (AvgIpc) is 2.83. The zero-order chi connectivity index (χ0) is 14.8. The molecule has 1 fully saturated rings. The van der Waals surface area contributed by atoms with Gasteiger partial charge < -0.3 is 9.84 Å². The number of hydrogen-bond acceptors (Lipinski definition) is 3. The molecule has 1 N–H and O–H groups in total. The number of methoxy groups -OCH3 is 1. The lowest BCUT2D eigenvalue weighted by Gasteiger charge is -2.36. The molecule has 0 amide bonds. The Bertz CT molecular complexity index is 488. The first-order chi connectivity index (χ1) is 9.49. The van der Waals surface area contributed by atoms with E-state index in [1.807, 2.05) is 31.2 Å². The van der Waals surface area contributed by atoms with Gasteiger partial charge in [-0.15, -0.1) is 0 Å². The van der Waals surface area contributed by atoms with Gasteiger partial charge in [-0.3, -0.25) is 9.69 Å². The summed E-state index contributed by atoms with van der Waals surface area (Å²) in [7, 11) is 1.67. The van der Waals surface area contributed by atoms with Crippen LogP contribution >= 0.6 is 0 Å². The number of benzene rings is 1. The van der Waals surface area contributed by atoms with Crippen LogP contribution in [0, 0.1) is 0 Å². The number of hydrogen-bond donors (Lipinski definition) is 1. The molecule has 4 nitrogen and oxygen atoms in total. The van der Waals surface area contributed by atoms with Gasteiger partial charge in [0.1, 0.15) is 11.3 Å². The highest BCUT2D eigenvalue weighted by Crippen LogP contribution is 2.33. The quantitative estimate of drug-likeness (QED) is 0.898. The van der Waals surface area contributed by atoms with E-state index in [4.69, 9.17) is 4.74 Å². The van der Waals surface area contributed by atoms with Gasteiger partial charge in [-0.25, -0.2) is 0 Å². The molecule has 1 aromatic rings. The lowest BCUT2D eigenvalue weighted by molar-refractivity contribution is -0.149. The maximum atomic E-state index is 11.5. The van der Waals surface area contributed by atoms with Gasteiger partial charge in [0.15, 0.2) is 0 Å². The van der Waals surface area contributed by atoms with Gasteiger partial charge in [0.05, 0.1) is 7.11 Å². The summed E-state index contributed by atoms with van der Waals surface area (Å²) in [5, 5.41) is 9.49. The Kier molecular flexibility index (Phi) is 4.33. The molecule has 0 spiro atoms. The molecule has 4 heteroatoms. The summed E-state index contributed by atoms with van der Waals surface area (Å²) in [5.41, 5.74) is 0.392. The number of likely N-dealkylation sites (tertiary alicyclic amines) is 1. The van der Waals surface area contributed by atoms with Crippen molar-refractivity contribution in [3.8, 4) is 5.75 Å². The van der Waals surface area contributed by atoms with Crippen molar-refractivity contribution in [2.45, 2.75) is 44.7 Å². The van der Waals surface area contributed by atoms with Gasteiger partial charge in [0.25, 0.3) is 0 Å². The first-order valence-electron chi connectivity index (χ1n) is 7.11. The molecular weight excluding hydrogens is 254 g/mol. The standard InChI is InChI=1S/C16H23NO3/c1-12(11-13-7-4-5-8-14(13)20-3)17-10-6-9-16(17,2)15(18)19/h4-5,7-8,12H,6,9-11H2,1-3H3,(H,18,19). The molecule has 1 aliphatic rings. The number of carbonyl (C=O) groups is 1. The molecule has 0 aromatic heterocycles. The summed E-state index contributed by atoms with van der Waals surface area (Å²) < 4.78 is 5.37. The number of carboxylic acid groups (broad SMARTS) is 1. The van der Waals surface area contributed by atoms with Crippen molar-refractivity contribution in [2.24, 2.45) is 0 Å². The maximum absolute atomic E-state index is 11.5. The summed E-state index contributed by atoms with van der Waals surface area (Å²) in [5.74, 6) is 0.150. The smallest absolute Gasteiger partial charge is 0.323 e. The van der Waals surface area contributed by atoms with Gasteiger partial charge in [0.2, 0.25) is 0 Å². The van der Waals surface area contributed by atoms with E-state index in [1.165, 1.54) is 0 Å². The van der Waals surface area contributed by atoms with Crippen LogP contribution in [0.2, 0.25) is 0 Å².